The molecule has 5 nitrogen and oxygen atoms in total. The summed E-state index contributed by atoms with van der Waals surface area (Å²) in [5.41, 5.74) is 9.36. The molecule has 2 aromatic carbocycles. The van der Waals surface area contributed by atoms with Crippen molar-refractivity contribution >= 4 is 36.4 Å². The first kappa shape index (κ1) is 23.2. The van der Waals surface area contributed by atoms with Crippen LogP contribution in [-0.4, -0.2) is 43.7 Å². The van der Waals surface area contributed by atoms with Gasteiger partial charge in [-0.15, -0.1) is 24.8 Å². The quantitative estimate of drug-likeness (QED) is 0.741. The number of nitrogens with one attached hydrogen (secondary N) is 1. The number of hydrogen-bond donors (Lipinski definition) is 2. The standard InChI is InChI=1S/C20H25N3O2.2ClH/c1-15-6-8-16(9-7-15)19(23-10-12-25-13-11-23)14-22-20(24)17-4-2-3-5-18(17)21;;/h2-9,19H,10-14,21H2,1H3,(H,22,24);2*1H. The normalized spacial score (nSPS) is 15.1. The fourth-order valence-corrected chi connectivity index (χ4v) is 3.12. The molecule has 1 aliphatic rings. The second kappa shape index (κ2) is 11.1. The van der Waals surface area contributed by atoms with Crippen LogP contribution in [0.2, 0.25) is 0 Å². The van der Waals surface area contributed by atoms with Crippen molar-refractivity contribution < 1.29 is 9.53 Å². The maximum Gasteiger partial charge on any atom is 0.253 e. The second-order valence-electron chi connectivity index (χ2n) is 6.37. The predicted octanol–water partition coefficient (Wildman–Crippen LogP) is 3.22. The van der Waals surface area contributed by atoms with Gasteiger partial charge in [0, 0.05) is 25.3 Å². The molecule has 1 aliphatic heterocycles. The number of halogens is 2. The number of amides is 1. The Bertz CT molecular complexity index is 719. The third-order valence-corrected chi connectivity index (χ3v) is 4.61. The minimum Gasteiger partial charge on any atom is -0.398 e. The van der Waals surface area contributed by atoms with Gasteiger partial charge in [-0.05, 0) is 24.6 Å². The molecule has 0 bridgehead atoms. The van der Waals surface area contributed by atoms with Crippen molar-refractivity contribution in [2.45, 2.75) is 13.0 Å². The largest absolute Gasteiger partial charge is 0.398 e. The fourth-order valence-electron chi connectivity index (χ4n) is 3.12. The average molecular weight is 412 g/mol. The summed E-state index contributed by atoms with van der Waals surface area (Å²) in [6, 6.07) is 15.8. The number of morpholine rings is 1. The van der Waals surface area contributed by atoms with Gasteiger partial charge in [-0.1, -0.05) is 42.0 Å². The SMILES string of the molecule is Cc1ccc(C(CNC(=O)c2ccccc2N)N2CCOCC2)cc1.Cl.Cl. The molecule has 0 aromatic heterocycles. The van der Waals surface area contributed by atoms with E-state index in [0.29, 0.717) is 17.8 Å². The summed E-state index contributed by atoms with van der Waals surface area (Å²) >= 11 is 0. The second-order valence-corrected chi connectivity index (χ2v) is 6.37. The first-order valence-electron chi connectivity index (χ1n) is 8.66. The van der Waals surface area contributed by atoms with Crippen LogP contribution in [0.3, 0.4) is 0 Å². The number of nitrogen functional groups attached to an aromatic ring is 1. The Morgan fingerprint density at radius 3 is 2.37 bits per heavy atom. The Labute approximate surface area is 173 Å². The van der Waals surface area contributed by atoms with Crippen molar-refractivity contribution in [2.24, 2.45) is 0 Å². The maximum absolute atomic E-state index is 12.5. The van der Waals surface area contributed by atoms with Gasteiger partial charge >= 0.3 is 0 Å². The topological polar surface area (TPSA) is 67.6 Å². The van der Waals surface area contributed by atoms with Gasteiger partial charge in [0.05, 0.1) is 24.8 Å². The van der Waals surface area contributed by atoms with E-state index in [4.69, 9.17) is 10.5 Å². The Hall–Kier alpha value is -1.79. The number of nitrogens with zero attached hydrogens (tertiary/aromatic N) is 1. The van der Waals surface area contributed by atoms with Gasteiger partial charge < -0.3 is 15.8 Å². The van der Waals surface area contributed by atoms with Crippen molar-refractivity contribution in [1.82, 2.24) is 10.2 Å². The molecule has 0 aliphatic carbocycles. The molecule has 3 N–H and O–H groups in total. The van der Waals surface area contributed by atoms with Gasteiger partial charge in [-0.2, -0.15) is 0 Å². The van der Waals surface area contributed by atoms with E-state index in [-0.39, 0.29) is 36.8 Å². The highest BCUT2D eigenvalue weighted by molar-refractivity contribution is 5.99. The molecule has 1 heterocycles. The number of ether oxygens (including phenoxy) is 1. The summed E-state index contributed by atoms with van der Waals surface area (Å²) in [4.78, 5) is 14.9. The van der Waals surface area contributed by atoms with Gasteiger partial charge in [0.15, 0.2) is 0 Å². The van der Waals surface area contributed by atoms with Gasteiger partial charge in [0.1, 0.15) is 0 Å². The Kier molecular flexibility index (Phi) is 9.60. The third-order valence-electron chi connectivity index (χ3n) is 4.61. The van der Waals surface area contributed by atoms with E-state index in [1.54, 1.807) is 12.1 Å². The first-order valence-corrected chi connectivity index (χ1v) is 8.66. The van der Waals surface area contributed by atoms with E-state index in [9.17, 15) is 4.79 Å². The Morgan fingerprint density at radius 1 is 1.11 bits per heavy atom. The molecule has 0 radical (unpaired) electrons. The van der Waals surface area contributed by atoms with Crippen molar-refractivity contribution in [3.05, 3.63) is 65.2 Å². The van der Waals surface area contributed by atoms with Crippen molar-refractivity contribution in [1.29, 1.82) is 0 Å². The number of rotatable bonds is 5. The van der Waals surface area contributed by atoms with Crippen molar-refractivity contribution in [3.63, 3.8) is 0 Å². The van der Waals surface area contributed by atoms with E-state index in [1.165, 1.54) is 11.1 Å². The average Bonchev–Trinajstić information content (AvgIpc) is 2.64. The third kappa shape index (κ3) is 6.11. The molecule has 1 saturated heterocycles. The zero-order chi connectivity index (χ0) is 17.6. The number of benzene rings is 2. The summed E-state index contributed by atoms with van der Waals surface area (Å²) < 4.78 is 5.47. The van der Waals surface area contributed by atoms with Gasteiger partial charge in [-0.3, -0.25) is 9.69 Å². The highest BCUT2D eigenvalue weighted by Crippen LogP contribution is 2.22. The number of carbonyl (C=O) groups excluding carboxylic acids is 1. The lowest BCUT2D eigenvalue weighted by molar-refractivity contribution is 0.0162. The van der Waals surface area contributed by atoms with Crippen molar-refractivity contribution in [3.8, 4) is 0 Å². The van der Waals surface area contributed by atoms with Crippen molar-refractivity contribution in [2.75, 3.05) is 38.6 Å². The van der Waals surface area contributed by atoms with Crippen LogP contribution < -0.4 is 11.1 Å². The molecule has 1 unspecified atom stereocenters. The lowest BCUT2D eigenvalue weighted by Gasteiger charge is -2.35. The number of carbonyl (C=O) groups is 1. The Morgan fingerprint density at radius 2 is 1.74 bits per heavy atom. The number of hydrogen-bond acceptors (Lipinski definition) is 4. The molecule has 1 amide bonds. The molecule has 3 rings (SSSR count). The minimum atomic E-state index is -0.136. The van der Waals surface area contributed by atoms with Gasteiger partial charge in [0.2, 0.25) is 0 Å². The molecule has 27 heavy (non-hydrogen) atoms. The lowest BCUT2D eigenvalue weighted by Crippen LogP contribution is -2.43. The highest BCUT2D eigenvalue weighted by atomic mass is 35.5. The van der Waals surface area contributed by atoms with E-state index >= 15 is 0 Å². The predicted molar refractivity (Wildman–Crippen MR) is 114 cm³/mol. The van der Waals surface area contributed by atoms with Crippen LogP contribution >= 0.6 is 24.8 Å². The molecule has 1 atom stereocenters. The van der Waals surface area contributed by atoms with E-state index in [1.807, 2.05) is 12.1 Å². The summed E-state index contributed by atoms with van der Waals surface area (Å²) in [5.74, 6) is -0.136. The van der Waals surface area contributed by atoms with Gasteiger partial charge in [0.25, 0.3) is 5.91 Å². The number of para-hydroxylation sites is 1. The number of aryl methyl sites for hydroxylation is 1. The molecule has 1 fully saturated rings. The van der Waals surface area contributed by atoms with Crippen LogP contribution in [0.4, 0.5) is 5.69 Å². The maximum atomic E-state index is 12.5. The highest BCUT2D eigenvalue weighted by Gasteiger charge is 2.23. The van der Waals surface area contributed by atoms with Gasteiger partial charge in [-0.25, -0.2) is 0 Å². The summed E-state index contributed by atoms with van der Waals surface area (Å²) in [6.45, 7) is 5.79. The molecular weight excluding hydrogens is 385 g/mol. The molecule has 2 aromatic rings. The monoisotopic (exact) mass is 411 g/mol. The van der Waals surface area contributed by atoms with E-state index in [2.05, 4.69) is 41.4 Å². The molecule has 7 heteroatoms. The minimum absolute atomic E-state index is 0. The van der Waals surface area contributed by atoms with Crippen LogP contribution in [0.5, 0.6) is 0 Å². The van der Waals surface area contributed by atoms with Crippen LogP contribution in [0.25, 0.3) is 0 Å². The zero-order valence-corrected chi connectivity index (χ0v) is 17.0. The summed E-state index contributed by atoms with van der Waals surface area (Å²) in [5, 5.41) is 3.05. The molecule has 148 valence electrons. The number of nitrogens with two attached hydrogens (primary N) is 1. The molecule has 0 spiro atoms. The molecule has 0 saturated carbocycles. The van der Waals surface area contributed by atoms with Crippen LogP contribution in [0, 0.1) is 6.92 Å². The van der Waals surface area contributed by atoms with E-state index < -0.39 is 0 Å². The summed E-state index contributed by atoms with van der Waals surface area (Å²) in [7, 11) is 0. The molecular formula is C20H27Cl2N3O2. The number of anilines is 1. The van der Waals surface area contributed by atoms with E-state index in [0.717, 1.165) is 26.3 Å². The summed E-state index contributed by atoms with van der Waals surface area (Å²) in [6.07, 6.45) is 0. The fraction of sp³-hybridized carbons (Fsp3) is 0.350. The zero-order valence-electron chi connectivity index (χ0n) is 15.4. The lowest BCUT2D eigenvalue weighted by atomic mass is 10.0. The first-order chi connectivity index (χ1) is 12.1. The van der Waals surface area contributed by atoms with Crippen LogP contribution in [0.1, 0.15) is 27.5 Å². The van der Waals surface area contributed by atoms with Crippen LogP contribution in [-0.2, 0) is 4.74 Å². The smallest absolute Gasteiger partial charge is 0.253 e. The Balaban J connectivity index is 0.00000182. The van der Waals surface area contributed by atoms with Crippen LogP contribution in [0.15, 0.2) is 48.5 Å².